The zero-order valence-corrected chi connectivity index (χ0v) is 12.4. The number of urea groups is 1. The van der Waals surface area contributed by atoms with Crippen LogP contribution in [0.4, 0.5) is 4.79 Å². The number of nitrogens with one attached hydrogen (secondary N) is 1. The predicted molar refractivity (Wildman–Crippen MR) is 74.0 cm³/mol. The highest BCUT2D eigenvalue weighted by atomic mass is 16.4. The zero-order chi connectivity index (χ0) is 14.6. The van der Waals surface area contributed by atoms with Crippen molar-refractivity contribution in [3.63, 3.8) is 0 Å². The molecule has 1 saturated heterocycles. The first-order valence-corrected chi connectivity index (χ1v) is 7.04. The Hall–Kier alpha value is -1.26. The van der Waals surface area contributed by atoms with Crippen molar-refractivity contribution in [3.8, 4) is 0 Å². The molecule has 2 amide bonds. The van der Waals surface area contributed by atoms with Gasteiger partial charge in [-0.1, -0.05) is 27.7 Å². The molecular weight excluding hydrogens is 244 g/mol. The van der Waals surface area contributed by atoms with Crippen molar-refractivity contribution < 1.29 is 14.7 Å². The second-order valence-corrected chi connectivity index (χ2v) is 6.38. The van der Waals surface area contributed by atoms with E-state index in [2.05, 4.69) is 26.1 Å². The molecule has 0 aromatic heterocycles. The van der Waals surface area contributed by atoms with Crippen molar-refractivity contribution in [1.82, 2.24) is 10.2 Å². The van der Waals surface area contributed by atoms with Gasteiger partial charge in [0.25, 0.3) is 0 Å². The Kier molecular flexibility index (Phi) is 5.20. The van der Waals surface area contributed by atoms with E-state index in [1.807, 2.05) is 0 Å². The molecule has 0 spiro atoms. The third-order valence-electron chi connectivity index (χ3n) is 4.01. The van der Waals surface area contributed by atoms with Gasteiger partial charge in [-0.25, -0.2) is 9.59 Å². The van der Waals surface area contributed by atoms with Gasteiger partial charge in [0.05, 0.1) is 0 Å². The number of amides is 2. The minimum absolute atomic E-state index is 0.249. The molecule has 0 unspecified atom stereocenters. The minimum Gasteiger partial charge on any atom is -0.480 e. The van der Waals surface area contributed by atoms with E-state index < -0.39 is 12.0 Å². The van der Waals surface area contributed by atoms with E-state index >= 15 is 0 Å². The Morgan fingerprint density at radius 1 is 1.32 bits per heavy atom. The highest BCUT2D eigenvalue weighted by Crippen LogP contribution is 2.34. The van der Waals surface area contributed by atoms with Crippen LogP contribution in [-0.4, -0.2) is 41.1 Å². The lowest BCUT2D eigenvalue weighted by molar-refractivity contribution is -0.139. The number of hydrogen-bond donors (Lipinski definition) is 2. The van der Waals surface area contributed by atoms with Crippen molar-refractivity contribution in [2.75, 3.05) is 13.1 Å². The molecule has 1 atom stereocenters. The van der Waals surface area contributed by atoms with E-state index in [-0.39, 0.29) is 11.4 Å². The van der Waals surface area contributed by atoms with E-state index in [0.29, 0.717) is 25.4 Å². The lowest BCUT2D eigenvalue weighted by atomic mass is 9.75. The van der Waals surface area contributed by atoms with Crippen molar-refractivity contribution in [3.05, 3.63) is 0 Å². The van der Waals surface area contributed by atoms with E-state index in [1.54, 1.807) is 11.8 Å². The zero-order valence-electron chi connectivity index (χ0n) is 12.4. The highest BCUT2D eigenvalue weighted by Gasteiger charge is 2.31. The van der Waals surface area contributed by atoms with Crippen LogP contribution in [0, 0.1) is 11.3 Å². The van der Waals surface area contributed by atoms with Gasteiger partial charge in [0, 0.05) is 13.1 Å². The number of carbonyl (C=O) groups is 2. The van der Waals surface area contributed by atoms with E-state index in [0.717, 1.165) is 12.8 Å². The molecule has 0 aromatic rings. The molecule has 1 aliphatic heterocycles. The second-order valence-electron chi connectivity index (χ2n) is 6.38. The molecule has 0 bridgehead atoms. The monoisotopic (exact) mass is 270 g/mol. The first-order chi connectivity index (χ1) is 8.75. The summed E-state index contributed by atoms with van der Waals surface area (Å²) in [6.45, 7) is 9.86. The van der Waals surface area contributed by atoms with Gasteiger partial charge in [-0.15, -0.1) is 0 Å². The van der Waals surface area contributed by atoms with E-state index in [9.17, 15) is 9.59 Å². The molecule has 1 aliphatic rings. The van der Waals surface area contributed by atoms with Gasteiger partial charge in [-0.05, 0) is 30.6 Å². The average Bonchev–Trinajstić information content (AvgIpc) is 2.34. The van der Waals surface area contributed by atoms with Crippen molar-refractivity contribution in [2.45, 2.75) is 53.0 Å². The van der Waals surface area contributed by atoms with E-state index in [1.165, 1.54) is 0 Å². The fourth-order valence-electron chi connectivity index (χ4n) is 2.53. The lowest BCUT2D eigenvalue weighted by Gasteiger charge is -2.39. The van der Waals surface area contributed by atoms with Crippen LogP contribution >= 0.6 is 0 Å². The number of hydrogen-bond acceptors (Lipinski definition) is 2. The normalized spacial score (nSPS) is 19.1. The summed E-state index contributed by atoms with van der Waals surface area (Å²) < 4.78 is 0. The van der Waals surface area contributed by atoms with Gasteiger partial charge in [0.2, 0.25) is 0 Å². The van der Waals surface area contributed by atoms with Gasteiger partial charge >= 0.3 is 12.0 Å². The summed E-state index contributed by atoms with van der Waals surface area (Å²) in [6.07, 6.45) is 2.38. The summed E-state index contributed by atoms with van der Waals surface area (Å²) in [5.74, 6) is -0.349. The van der Waals surface area contributed by atoms with Crippen LogP contribution in [0.25, 0.3) is 0 Å². The standard InChI is InChI=1S/C14H26N2O3/c1-5-11(12(17)18)15-13(19)16-8-6-10(7-9-16)14(2,3)4/h10-11H,5-9H2,1-4H3,(H,15,19)(H,17,18)/t11-/m1/s1. The molecule has 1 fully saturated rings. The average molecular weight is 270 g/mol. The molecule has 19 heavy (non-hydrogen) atoms. The van der Waals surface area contributed by atoms with Crippen molar-refractivity contribution in [2.24, 2.45) is 11.3 Å². The lowest BCUT2D eigenvalue weighted by Crippen LogP contribution is -2.50. The maximum Gasteiger partial charge on any atom is 0.326 e. The van der Waals surface area contributed by atoms with Gasteiger partial charge in [0.1, 0.15) is 6.04 Å². The number of rotatable bonds is 3. The molecule has 5 nitrogen and oxygen atoms in total. The third-order valence-corrected chi connectivity index (χ3v) is 4.01. The van der Waals surface area contributed by atoms with Gasteiger partial charge in [-0.3, -0.25) is 0 Å². The van der Waals surface area contributed by atoms with Crippen molar-refractivity contribution in [1.29, 1.82) is 0 Å². The fourth-order valence-corrected chi connectivity index (χ4v) is 2.53. The summed E-state index contributed by atoms with van der Waals surface area (Å²) in [4.78, 5) is 24.6. The van der Waals surface area contributed by atoms with Gasteiger partial charge in [-0.2, -0.15) is 0 Å². The van der Waals surface area contributed by atoms with Crippen molar-refractivity contribution >= 4 is 12.0 Å². The molecule has 110 valence electrons. The molecule has 0 radical (unpaired) electrons. The molecular formula is C14H26N2O3. The molecule has 1 heterocycles. The topological polar surface area (TPSA) is 69.6 Å². The van der Waals surface area contributed by atoms with Crippen LogP contribution in [0.5, 0.6) is 0 Å². The molecule has 5 heteroatoms. The van der Waals surface area contributed by atoms with Gasteiger partial charge < -0.3 is 15.3 Å². The molecule has 0 aliphatic carbocycles. The first-order valence-electron chi connectivity index (χ1n) is 7.04. The number of carboxylic acids is 1. The Morgan fingerprint density at radius 3 is 2.21 bits per heavy atom. The van der Waals surface area contributed by atoms with Gasteiger partial charge in [0.15, 0.2) is 0 Å². The Labute approximate surface area is 115 Å². The second kappa shape index (κ2) is 6.26. The number of likely N-dealkylation sites (tertiary alicyclic amines) is 1. The van der Waals surface area contributed by atoms with E-state index in [4.69, 9.17) is 5.11 Å². The number of nitrogens with zero attached hydrogens (tertiary/aromatic N) is 1. The first kappa shape index (κ1) is 15.8. The number of piperidine rings is 1. The predicted octanol–water partition coefficient (Wildman–Crippen LogP) is 2.32. The largest absolute Gasteiger partial charge is 0.480 e. The molecule has 0 aromatic carbocycles. The number of carboxylic acid groups (broad SMARTS) is 1. The smallest absolute Gasteiger partial charge is 0.326 e. The summed E-state index contributed by atoms with van der Waals surface area (Å²) in [5, 5.41) is 11.5. The number of aliphatic carboxylic acids is 1. The fraction of sp³-hybridized carbons (Fsp3) is 0.857. The highest BCUT2D eigenvalue weighted by molar-refractivity contribution is 5.82. The molecule has 2 N–H and O–H groups in total. The third kappa shape index (κ3) is 4.40. The van der Waals surface area contributed by atoms with Crippen LogP contribution in [0.3, 0.4) is 0 Å². The summed E-state index contributed by atoms with van der Waals surface area (Å²) in [5.41, 5.74) is 0.273. The Balaban J connectivity index is 2.47. The summed E-state index contributed by atoms with van der Waals surface area (Å²) >= 11 is 0. The van der Waals surface area contributed by atoms with Crippen LogP contribution < -0.4 is 5.32 Å². The SMILES string of the molecule is CC[C@@H](NC(=O)N1CCC(C(C)(C)C)CC1)C(=O)O. The summed E-state index contributed by atoms with van der Waals surface area (Å²) in [7, 11) is 0. The Bertz CT molecular complexity index is 328. The Morgan fingerprint density at radius 2 is 1.84 bits per heavy atom. The summed E-state index contributed by atoms with van der Waals surface area (Å²) in [6, 6.07) is -1.03. The molecule has 0 saturated carbocycles. The van der Waals surface area contributed by atoms with Crippen LogP contribution in [0.15, 0.2) is 0 Å². The van der Waals surface area contributed by atoms with Crippen LogP contribution in [0.1, 0.15) is 47.0 Å². The quantitative estimate of drug-likeness (QED) is 0.827. The number of carbonyl (C=O) groups excluding carboxylic acids is 1. The van der Waals surface area contributed by atoms with Crippen LogP contribution in [-0.2, 0) is 4.79 Å². The van der Waals surface area contributed by atoms with Crippen LogP contribution in [0.2, 0.25) is 0 Å². The minimum atomic E-state index is -0.972. The maximum atomic E-state index is 12.0. The molecule has 1 rings (SSSR count). The maximum absolute atomic E-state index is 12.0.